The minimum Gasteiger partial charge on any atom is -0.337 e. The van der Waals surface area contributed by atoms with Gasteiger partial charge in [-0.2, -0.15) is 0 Å². The minimum atomic E-state index is -0.514. The molecule has 2 aromatic carbocycles. The number of nitrogens with zero attached hydrogens (tertiary/aromatic N) is 2. The fraction of sp³-hybridized carbons (Fsp3) is 0.316. The van der Waals surface area contributed by atoms with E-state index < -0.39 is 11.0 Å². The van der Waals surface area contributed by atoms with Crippen LogP contribution in [-0.2, 0) is 0 Å². The summed E-state index contributed by atoms with van der Waals surface area (Å²) in [5, 5.41) is 16.2. The lowest BCUT2D eigenvalue weighted by Crippen LogP contribution is -2.36. The van der Waals surface area contributed by atoms with Gasteiger partial charge in [-0.1, -0.05) is 42.5 Å². The highest BCUT2D eigenvalue weighted by Gasteiger charge is 2.40. The topological polar surface area (TPSA) is 87.5 Å². The maximum atomic E-state index is 12.0. The van der Waals surface area contributed by atoms with E-state index in [-0.39, 0.29) is 11.4 Å². The van der Waals surface area contributed by atoms with E-state index in [9.17, 15) is 14.9 Å². The predicted octanol–water partition coefficient (Wildman–Crippen LogP) is 3.20. The number of carbonyl (C=O) groups excluding carboxylic acids is 1. The summed E-state index contributed by atoms with van der Waals surface area (Å²) in [6.07, 6.45) is 1.13. The molecule has 7 heteroatoms. The normalized spacial score (nSPS) is 18.4. The number of rotatable bonds is 7. The molecule has 0 aromatic heterocycles. The zero-order valence-electron chi connectivity index (χ0n) is 14.6. The SMILES string of the molecule is CN(CCNC(=O)Nc1ccccc1[N+](=O)[O-])C1CC1c1ccccc1. The Morgan fingerprint density at radius 3 is 2.62 bits per heavy atom. The Balaban J connectivity index is 1.43. The molecule has 2 amide bonds. The number of likely N-dealkylation sites (N-methyl/N-ethyl adjacent to an activating group) is 1. The van der Waals surface area contributed by atoms with Gasteiger partial charge in [-0.3, -0.25) is 10.1 Å². The maximum Gasteiger partial charge on any atom is 0.319 e. The molecule has 1 fully saturated rings. The maximum absolute atomic E-state index is 12.0. The molecule has 2 unspecified atom stereocenters. The average Bonchev–Trinajstić information content (AvgIpc) is 3.43. The van der Waals surface area contributed by atoms with E-state index >= 15 is 0 Å². The van der Waals surface area contributed by atoms with Crippen LogP contribution in [0, 0.1) is 10.1 Å². The van der Waals surface area contributed by atoms with Gasteiger partial charge in [-0.05, 0) is 25.1 Å². The van der Waals surface area contributed by atoms with Crippen LogP contribution < -0.4 is 10.6 Å². The number of nitro benzene ring substituents is 1. The molecule has 0 heterocycles. The molecule has 0 spiro atoms. The third-order valence-corrected chi connectivity index (χ3v) is 4.65. The molecule has 136 valence electrons. The predicted molar refractivity (Wildman–Crippen MR) is 100 cm³/mol. The van der Waals surface area contributed by atoms with Crippen LogP contribution in [0.2, 0.25) is 0 Å². The van der Waals surface area contributed by atoms with Crippen molar-refractivity contribution in [2.24, 2.45) is 0 Å². The van der Waals surface area contributed by atoms with Crippen molar-refractivity contribution in [3.05, 3.63) is 70.3 Å². The highest BCUT2D eigenvalue weighted by atomic mass is 16.6. The largest absolute Gasteiger partial charge is 0.337 e. The van der Waals surface area contributed by atoms with Crippen molar-refractivity contribution in [3.63, 3.8) is 0 Å². The van der Waals surface area contributed by atoms with Gasteiger partial charge >= 0.3 is 6.03 Å². The molecule has 0 saturated heterocycles. The first-order valence-electron chi connectivity index (χ1n) is 8.59. The monoisotopic (exact) mass is 354 g/mol. The second-order valence-corrected chi connectivity index (χ2v) is 6.46. The smallest absolute Gasteiger partial charge is 0.319 e. The highest BCUT2D eigenvalue weighted by Crippen LogP contribution is 2.43. The van der Waals surface area contributed by atoms with E-state index in [0.717, 1.165) is 13.0 Å². The number of nitro groups is 1. The lowest BCUT2D eigenvalue weighted by atomic mass is 10.1. The van der Waals surface area contributed by atoms with Crippen LogP contribution in [-0.4, -0.2) is 42.0 Å². The molecule has 0 bridgehead atoms. The highest BCUT2D eigenvalue weighted by molar-refractivity contribution is 5.91. The van der Waals surface area contributed by atoms with Gasteiger partial charge in [0.1, 0.15) is 5.69 Å². The van der Waals surface area contributed by atoms with Crippen molar-refractivity contribution in [1.82, 2.24) is 10.2 Å². The lowest BCUT2D eigenvalue weighted by molar-refractivity contribution is -0.383. The molecule has 1 saturated carbocycles. The van der Waals surface area contributed by atoms with Crippen molar-refractivity contribution in [2.75, 3.05) is 25.5 Å². The van der Waals surface area contributed by atoms with Crippen LogP contribution in [0.25, 0.3) is 0 Å². The number of urea groups is 1. The first kappa shape index (κ1) is 17.9. The van der Waals surface area contributed by atoms with Crippen molar-refractivity contribution in [3.8, 4) is 0 Å². The Kier molecular flexibility index (Phi) is 5.48. The van der Waals surface area contributed by atoms with Crippen LogP contribution in [0.3, 0.4) is 0 Å². The number of amides is 2. The molecule has 0 radical (unpaired) electrons. The van der Waals surface area contributed by atoms with E-state index in [1.807, 2.05) is 6.07 Å². The van der Waals surface area contributed by atoms with Crippen molar-refractivity contribution in [1.29, 1.82) is 0 Å². The number of benzene rings is 2. The molecule has 0 aliphatic heterocycles. The Labute approximate surface area is 152 Å². The van der Waals surface area contributed by atoms with Crippen LogP contribution in [0.4, 0.5) is 16.2 Å². The van der Waals surface area contributed by atoms with Crippen molar-refractivity contribution in [2.45, 2.75) is 18.4 Å². The van der Waals surface area contributed by atoms with E-state index in [0.29, 0.717) is 18.5 Å². The van der Waals surface area contributed by atoms with Crippen molar-refractivity contribution < 1.29 is 9.72 Å². The zero-order valence-corrected chi connectivity index (χ0v) is 14.6. The first-order chi connectivity index (χ1) is 12.6. The van der Waals surface area contributed by atoms with Gasteiger partial charge in [0.05, 0.1) is 4.92 Å². The zero-order chi connectivity index (χ0) is 18.5. The summed E-state index contributed by atoms with van der Waals surface area (Å²) in [4.78, 5) is 24.7. The van der Waals surface area contributed by atoms with E-state index in [1.54, 1.807) is 12.1 Å². The summed E-state index contributed by atoms with van der Waals surface area (Å²) in [7, 11) is 2.05. The fourth-order valence-corrected chi connectivity index (χ4v) is 3.14. The minimum absolute atomic E-state index is 0.122. The third-order valence-electron chi connectivity index (χ3n) is 4.65. The Morgan fingerprint density at radius 2 is 1.88 bits per heavy atom. The Morgan fingerprint density at radius 1 is 1.19 bits per heavy atom. The molecule has 7 nitrogen and oxygen atoms in total. The number of hydrogen-bond acceptors (Lipinski definition) is 4. The second-order valence-electron chi connectivity index (χ2n) is 6.46. The summed E-state index contributed by atoms with van der Waals surface area (Å²) in [6, 6.07) is 16.6. The summed E-state index contributed by atoms with van der Waals surface area (Å²) in [6.45, 7) is 1.19. The van der Waals surface area contributed by atoms with Crippen LogP contribution in [0.1, 0.15) is 17.9 Å². The van der Waals surface area contributed by atoms with Gasteiger partial charge in [0.25, 0.3) is 5.69 Å². The standard InChI is InChI=1S/C19H22N4O3/c1-22(18-13-15(18)14-7-3-2-4-8-14)12-11-20-19(24)21-16-9-5-6-10-17(16)23(25)26/h2-10,15,18H,11-13H2,1H3,(H2,20,21,24). The number of nitrogens with one attached hydrogen (secondary N) is 2. The fourth-order valence-electron chi connectivity index (χ4n) is 3.14. The first-order valence-corrected chi connectivity index (χ1v) is 8.59. The summed E-state index contributed by atoms with van der Waals surface area (Å²) in [5.41, 5.74) is 1.42. The Bertz CT molecular complexity index is 781. The van der Waals surface area contributed by atoms with Gasteiger partial charge in [-0.15, -0.1) is 0 Å². The molecule has 26 heavy (non-hydrogen) atoms. The summed E-state index contributed by atoms with van der Waals surface area (Å²) < 4.78 is 0. The number of para-hydroxylation sites is 2. The second kappa shape index (κ2) is 7.97. The van der Waals surface area contributed by atoms with Gasteiger partial charge in [0.15, 0.2) is 0 Å². The van der Waals surface area contributed by atoms with Crippen LogP contribution in [0.15, 0.2) is 54.6 Å². The van der Waals surface area contributed by atoms with E-state index in [1.165, 1.54) is 17.7 Å². The summed E-state index contributed by atoms with van der Waals surface area (Å²) >= 11 is 0. The number of carbonyl (C=O) groups is 1. The molecule has 2 atom stereocenters. The lowest BCUT2D eigenvalue weighted by Gasteiger charge is -2.17. The Hall–Kier alpha value is -2.93. The molecule has 2 aromatic rings. The van der Waals surface area contributed by atoms with Crippen LogP contribution >= 0.6 is 0 Å². The third kappa shape index (κ3) is 4.37. The van der Waals surface area contributed by atoms with Crippen molar-refractivity contribution >= 4 is 17.4 Å². The molecule has 2 N–H and O–H groups in total. The molecule has 1 aliphatic carbocycles. The molecule has 1 aliphatic rings. The van der Waals surface area contributed by atoms with Gasteiger partial charge in [0, 0.05) is 31.1 Å². The van der Waals surface area contributed by atoms with Gasteiger partial charge in [-0.25, -0.2) is 4.79 Å². The number of hydrogen-bond donors (Lipinski definition) is 2. The summed E-state index contributed by atoms with van der Waals surface area (Å²) in [5.74, 6) is 0.557. The number of anilines is 1. The molecule has 3 rings (SSSR count). The van der Waals surface area contributed by atoms with E-state index in [2.05, 4.69) is 46.8 Å². The average molecular weight is 354 g/mol. The van der Waals surface area contributed by atoms with Crippen LogP contribution in [0.5, 0.6) is 0 Å². The molecular weight excluding hydrogens is 332 g/mol. The van der Waals surface area contributed by atoms with Gasteiger partial charge in [0.2, 0.25) is 0 Å². The van der Waals surface area contributed by atoms with Gasteiger partial charge < -0.3 is 15.5 Å². The van der Waals surface area contributed by atoms with E-state index in [4.69, 9.17) is 0 Å². The molecular formula is C19H22N4O3. The quantitative estimate of drug-likeness (QED) is 0.590.